The third-order valence-corrected chi connectivity index (χ3v) is 11.5. The maximum atomic E-state index is 4.05. The zero-order valence-electron chi connectivity index (χ0n) is 19.9. The van der Waals surface area contributed by atoms with E-state index in [4.69, 9.17) is 0 Å². The van der Waals surface area contributed by atoms with Gasteiger partial charge in [0.25, 0.3) is 0 Å². The van der Waals surface area contributed by atoms with Gasteiger partial charge in [-0.2, -0.15) is 0 Å². The molecule has 0 aliphatic rings. The van der Waals surface area contributed by atoms with Gasteiger partial charge in [-0.15, -0.1) is 0 Å². The van der Waals surface area contributed by atoms with Gasteiger partial charge in [0.2, 0.25) is 0 Å². The molecular weight excluding hydrogens is 474 g/mol. The summed E-state index contributed by atoms with van der Waals surface area (Å²) in [5.74, 6) is 0. The number of hydrogen-bond donors (Lipinski definition) is 2. The first-order valence-corrected chi connectivity index (χ1v) is 14.5. The fraction of sp³-hybridized carbons (Fsp3) is 0.333. The van der Waals surface area contributed by atoms with Crippen LogP contribution in [0.25, 0.3) is 0 Å². The first kappa shape index (κ1) is 22.8. The van der Waals surface area contributed by atoms with Crippen LogP contribution in [0.2, 0.25) is 0 Å². The molecular formula is C27H35N2Sb. The van der Waals surface area contributed by atoms with Crippen molar-refractivity contribution in [3.63, 3.8) is 0 Å². The van der Waals surface area contributed by atoms with Gasteiger partial charge in [0.1, 0.15) is 0 Å². The summed E-state index contributed by atoms with van der Waals surface area (Å²) in [4.78, 5) is 0. The summed E-state index contributed by atoms with van der Waals surface area (Å²) < 4.78 is 9.60. The van der Waals surface area contributed by atoms with Gasteiger partial charge >= 0.3 is 191 Å². The molecule has 0 aromatic heterocycles. The third-order valence-electron chi connectivity index (χ3n) is 5.66. The molecule has 0 fully saturated rings. The van der Waals surface area contributed by atoms with Crippen LogP contribution in [0.4, 0.5) is 11.4 Å². The molecule has 0 atom stereocenters. The van der Waals surface area contributed by atoms with Crippen LogP contribution in [0.3, 0.4) is 0 Å². The molecule has 0 aliphatic heterocycles. The molecule has 3 aromatic rings. The van der Waals surface area contributed by atoms with Crippen molar-refractivity contribution >= 4 is 35.6 Å². The van der Waals surface area contributed by atoms with Crippen molar-refractivity contribution < 1.29 is 0 Å². The van der Waals surface area contributed by atoms with Crippen LogP contribution >= 0.6 is 0 Å². The zero-order valence-corrected chi connectivity index (χ0v) is 22.5. The van der Waals surface area contributed by atoms with Crippen molar-refractivity contribution in [3.05, 3.63) is 86.5 Å². The first-order chi connectivity index (χ1) is 14.1. The van der Waals surface area contributed by atoms with Gasteiger partial charge in [-0.1, -0.05) is 0 Å². The van der Waals surface area contributed by atoms with Crippen LogP contribution in [0, 0.1) is 62.3 Å². The van der Waals surface area contributed by atoms with Crippen LogP contribution in [0.1, 0.15) is 50.1 Å². The van der Waals surface area contributed by atoms with Crippen molar-refractivity contribution in [1.82, 2.24) is 0 Å². The molecule has 0 spiro atoms. The van der Waals surface area contributed by atoms with Crippen LogP contribution < -0.4 is 10.5 Å². The van der Waals surface area contributed by atoms with Crippen molar-refractivity contribution in [2.45, 2.75) is 62.3 Å². The first-order valence-electron chi connectivity index (χ1n) is 10.6. The Morgan fingerprint density at radius 2 is 0.700 bits per heavy atom. The van der Waals surface area contributed by atoms with Gasteiger partial charge in [0, 0.05) is 0 Å². The van der Waals surface area contributed by atoms with E-state index in [0.29, 0.717) is 0 Å². The van der Waals surface area contributed by atoms with Crippen LogP contribution in [0.15, 0.2) is 36.4 Å². The van der Waals surface area contributed by atoms with E-state index >= 15 is 0 Å². The van der Waals surface area contributed by atoms with Gasteiger partial charge in [0.15, 0.2) is 0 Å². The van der Waals surface area contributed by atoms with Crippen molar-refractivity contribution in [2.75, 3.05) is 6.95 Å². The average molecular weight is 509 g/mol. The maximum absolute atomic E-state index is 4.05. The molecule has 0 bridgehead atoms. The zero-order chi connectivity index (χ0) is 22.2. The Bertz CT molecular complexity index is 969. The molecule has 3 rings (SSSR count). The third kappa shape index (κ3) is 4.86. The molecule has 2 nitrogen and oxygen atoms in total. The molecule has 0 aliphatic carbocycles. The van der Waals surface area contributed by atoms with E-state index in [1.165, 1.54) is 65.0 Å². The number of aryl methyl sites for hydroxylation is 9. The second kappa shape index (κ2) is 9.06. The fourth-order valence-corrected chi connectivity index (χ4v) is 11.1. The Kier molecular flexibility index (Phi) is 6.87. The van der Waals surface area contributed by atoms with Gasteiger partial charge < -0.3 is 0 Å². The van der Waals surface area contributed by atoms with Crippen molar-refractivity contribution in [2.24, 2.45) is 0 Å². The number of nitrogens with one attached hydrogen (secondary N) is 2. The molecule has 0 unspecified atom stereocenters. The Morgan fingerprint density at radius 3 is 1.00 bits per heavy atom. The molecule has 2 N–H and O–H groups in total. The molecule has 30 heavy (non-hydrogen) atoms. The monoisotopic (exact) mass is 508 g/mol. The normalized spacial score (nSPS) is 11.1. The molecule has 0 saturated carbocycles. The second-order valence-corrected chi connectivity index (χ2v) is 13.3. The molecule has 0 saturated heterocycles. The Balaban J connectivity index is 2.14. The van der Waals surface area contributed by atoms with Crippen LogP contribution in [-0.2, 0) is 0 Å². The Labute approximate surface area is 190 Å². The van der Waals surface area contributed by atoms with E-state index in [9.17, 15) is 0 Å². The standard InChI is InChI=1S/2C9H12N.C9H11.Sb/c2*1-6-4-7(2)9(10)8(3)5-6;1-7-4-8(2)6-9(3)5-7;/h2*4-5,10H,1-3H3;4-5H,1-3H3;/q2*-1;;+2. The minimum absolute atomic E-state index is 1.29. The quantitative estimate of drug-likeness (QED) is 0.390. The van der Waals surface area contributed by atoms with E-state index in [-0.39, 0.29) is 0 Å². The van der Waals surface area contributed by atoms with E-state index < -0.39 is 20.8 Å². The van der Waals surface area contributed by atoms with E-state index in [1.807, 2.05) is 0 Å². The predicted molar refractivity (Wildman–Crippen MR) is 135 cm³/mol. The molecule has 0 amide bonds. The number of benzene rings is 3. The summed E-state index contributed by atoms with van der Waals surface area (Å²) in [5, 5.41) is 0. The summed E-state index contributed by atoms with van der Waals surface area (Å²) in [7, 11) is 0. The predicted octanol–water partition coefficient (Wildman–Crippen LogP) is 6.38. The number of rotatable bonds is 5. The van der Waals surface area contributed by atoms with E-state index in [1.54, 1.807) is 0 Å². The number of anilines is 2. The van der Waals surface area contributed by atoms with E-state index in [2.05, 4.69) is 106 Å². The minimum atomic E-state index is -2.35. The van der Waals surface area contributed by atoms with Crippen LogP contribution in [-0.4, -0.2) is 20.8 Å². The summed E-state index contributed by atoms with van der Waals surface area (Å²) in [6, 6.07) is 13.8. The summed E-state index contributed by atoms with van der Waals surface area (Å²) in [6.45, 7) is 19.9. The van der Waals surface area contributed by atoms with Gasteiger partial charge in [0.05, 0.1) is 0 Å². The second-order valence-electron chi connectivity index (χ2n) is 8.85. The molecule has 3 aromatic carbocycles. The van der Waals surface area contributed by atoms with Gasteiger partial charge in [-0.05, 0) is 0 Å². The fourth-order valence-electron chi connectivity index (χ4n) is 4.60. The molecule has 3 heteroatoms. The average Bonchev–Trinajstić information content (AvgIpc) is 2.59. The molecule has 0 radical (unpaired) electrons. The van der Waals surface area contributed by atoms with Crippen molar-refractivity contribution in [1.29, 1.82) is 0 Å². The van der Waals surface area contributed by atoms with Crippen LogP contribution in [0.5, 0.6) is 0 Å². The summed E-state index contributed by atoms with van der Waals surface area (Å²) >= 11 is -2.35. The van der Waals surface area contributed by atoms with Gasteiger partial charge in [-0.25, -0.2) is 0 Å². The van der Waals surface area contributed by atoms with Gasteiger partial charge in [-0.3, -0.25) is 0 Å². The Hall–Kier alpha value is -1.92. The topological polar surface area (TPSA) is 24.1 Å². The molecule has 0 heterocycles. The van der Waals surface area contributed by atoms with Crippen molar-refractivity contribution in [3.8, 4) is 0 Å². The summed E-state index contributed by atoms with van der Waals surface area (Å²) in [5.41, 5.74) is 14.6. The SMILES string of the molecule is Cc1cc(C)c([NH][Sb]([NH]c2c(C)cc(C)cc2C)[c]2c(C)cc(C)cc2C)c(C)c1. The Morgan fingerprint density at radius 1 is 0.433 bits per heavy atom. The molecule has 158 valence electrons. The van der Waals surface area contributed by atoms with E-state index in [0.717, 1.165) is 0 Å². The summed E-state index contributed by atoms with van der Waals surface area (Å²) in [6.07, 6.45) is 0. The number of hydrogen-bond acceptors (Lipinski definition) is 2.